The zero-order chi connectivity index (χ0) is 11.0. The van der Waals surface area contributed by atoms with Crippen LogP contribution in [0.4, 0.5) is 0 Å². The third-order valence-electron chi connectivity index (χ3n) is 4.21. The number of nitrogens with zero attached hydrogens (tertiary/aromatic N) is 2. The van der Waals surface area contributed by atoms with E-state index in [0.29, 0.717) is 6.04 Å². The molecule has 88 valence electrons. The topological polar surface area (TPSA) is 29.9 Å². The van der Waals surface area contributed by atoms with Crippen molar-refractivity contribution in [3.63, 3.8) is 0 Å². The van der Waals surface area contributed by atoms with Gasteiger partial charge in [-0.25, -0.2) is 4.98 Å². The summed E-state index contributed by atoms with van der Waals surface area (Å²) in [6.07, 6.45) is 8.76. The molecule has 1 aliphatic carbocycles. The van der Waals surface area contributed by atoms with E-state index < -0.39 is 0 Å². The van der Waals surface area contributed by atoms with E-state index in [9.17, 15) is 0 Å². The molecule has 0 radical (unpaired) electrons. The van der Waals surface area contributed by atoms with Gasteiger partial charge in [-0.3, -0.25) is 0 Å². The van der Waals surface area contributed by atoms with E-state index in [1.807, 2.05) is 6.33 Å². The van der Waals surface area contributed by atoms with E-state index in [2.05, 4.69) is 21.8 Å². The first-order chi connectivity index (χ1) is 7.90. The van der Waals surface area contributed by atoms with Crippen molar-refractivity contribution < 1.29 is 0 Å². The van der Waals surface area contributed by atoms with E-state index in [1.54, 1.807) is 0 Å². The van der Waals surface area contributed by atoms with Crippen LogP contribution >= 0.6 is 0 Å². The highest BCUT2D eigenvalue weighted by atomic mass is 15.1. The second kappa shape index (κ2) is 4.21. The van der Waals surface area contributed by atoms with Gasteiger partial charge in [-0.05, 0) is 25.7 Å². The summed E-state index contributed by atoms with van der Waals surface area (Å²) in [4.78, 5) is 4.65. The third kappa shape index (κ3) is 1.58. The lowest BCUT2D eigenvalue weighted by molar-refractivity contribution is 0.345. The number of fused-ring (bicyclic) bond motifs is 1. The Labute approximate surface area is 97.3 Å². The normalized spacial score (nSPS) is 25.9. The Hall–Kier alpha value is -0.830. The van der Waals surface area contributed by atoms with Crippen molar-refractivity contribution in [1.29, 1.82) is 0 Å². The molecule has 3 nitrogen and oxygen atoms in total. The smallest absolute Gasteiger partial charge is 0.0952 e. The monoisotopic (exact) mass is 219 g/mol. The number of aromatic nitrogens is 2. The number of aryl methyl sites for hydroxylation is 1. The predicted molar refractivity (Wildman–Crippen MR) is 64.3 cm³/mol. The molecule has 3 rings (SSSR count). The van der Waals surface area contributed by atoms with Crippen LogP contribution in [0.1, 0.15) is 50.0 Å². The molecule has 0 amide bonds. The van der Waals surface area contributed by atoms with Crippen LogP contribution in [0.2, 0.25) is 0 Å². The van der Waals surface area contributed by atoms with Gasteiger partial charge in [0.25, 0.3) is 0 Å². The maximum Gasteiger partial charge on any atom is 0.0952 e. The first-order valence-electron chi connectivity index (χ1n) is 6.67. The van der Waals surface area contributed by atoms with Gasteiger partial charge in [0.2, 0.25) is 0 Å². The average molecular weight is 219 g/mol. The number of hydrogen-bond acceptors (Lipinski definition) is 2. The van der Waals surface area contributed by atoms with Crippen molar-refractivity contribution in [3.05, 3.63) is 17.7 Å². The molecule has 16 heavy (non-hydrogen) atoms. The third-order valence-corrected chi connectivity index (χ3v) is 4.21. The summed E-state index contributed by atoms with van der Waals surface area (Å²) in [5.41, 5.74) is 2.83. The quantitative estimate of drug-likeness (QED) is 0.827. The van der Waals surface area contributed by atoms with Crippen molar-refractivity contribution in [2.24, 2.45) is 5.92 Å². The molecular weight excluding hydrogens is 198 g/mol. The second-order valence-electron chi connectivity index (χ2n) is 5.09. The van der Waals surface area contributed by atoms with E-state index >= 15 is 0 Å². The van der Waals surface area contributed by atoms with Crippen molar-refractivity contribution >= 4 is 0 Å². The van der Waals surface area contributed by atoms with Crippen LogP contribution in [-0.2, 0) is 13.0 Å². The fourth-order valence-corrected chi connectivity index (χ4v) is 3.35. The van der Waals surface area contributed by atoms with E-state index in [1.165, 1.54) is 37.1 Å². The van der Waals surface area contributed by atoms with Gasteiger partial charge in [0, 0.05) is 25.2 Å². The Morgan fingerprint density at radius 2 is 2.25 bits per heavy atom. The minimum Gasteiger partial charge on any atom is -0.334 e. The minimum absolute atomic E-state index is 0.541. The fourth-order valence-electron chi connectivity index (χ4n) is 3.35. The Morgan fingerprint density at radius 3 is 3.00 bits per heavy atom. The standard InChI is InChI=1S/C13H21N3/c1-2-16-9-15-13-11(16)7-8-14-12(13)10-5-3-4-6-10/h9-10,12,14H,2-8H2,1H3. The first kappa shape index (κ1) is 10.3. The van der Waals surface area contributed by atoms with Gasteiger partial charge in [0.1, 0.15) is 0 Å². The Morgan fingerprint density at radius 1 is 1.44 bits per heavy atom. The van der Waals surface area contributed by atoms with E-state index in [4.69, 9.17) is 0 Å². The molecule has 1 unspecified atom stereocenters. The van der Waals surface area contributed by atoms with Gasteiger partial charge in [0.15, 0.2) is 0 Å². The molecule has 2 aliphatic rings. The van der Waals surface area contributed by atoms with Crippen molar-refractivity contribution in [1.82, 2.24) is 14.9 Å². The summed E-state index contributed by atoms with van der Waals surface area (Å²) < 4.78 is 2.32. The lowest BCUT2D eigenvalue weighted by Gasteiger charge is -2.28. The van der Waals surface area contributed by atoms with E-state index in [0.717, 1.165) is 25.4 Å². The highest BCUT2D eigenvalue weighted by Gasteiger charge is 2.32. The molecule has 1 saturated carbocycles. The highest BCUT2D eigenvalue weighted by molar-refractivity contribution is 5.22. The highest BCUT2D eigenvalue weighted by Crippen LogP contribution is 2.37. The van der Waals surface area contributed by atoms with Crippen LogP contribution in [0.5, 0.6) is 0 Å². The van der Waals surface area contributed by atoms with Gasteiger partial charge in [-0.2, -0.15) is 0 Å². The lowest BCUT2D eigenvalue weighted by Crippen LogP contribution is -2.34. The van der Waals surface area contributed by atoms with Crippen molar-refractivity contribution in [2.45, 2.75) is 51.6 Å². The summed E-state index contributed by atoms with van der Waals surface area (Å²) in [6.45, 7) is 4.38. The molecule has 1 fully saturated rings. The van der Waals surface area contributed by atoms with Gasteiger partial charge in [-0.15, -0.1) is 0 Å². The largest absolute Gasteiger partial charge is 0.334 e. The van der Waals surface area contributed by atoms with Gasteiger partial charge in [-0.1, -0.05) is 12.8 Å². The van der Waals surface area contributed by atoms with Crippen molar-refractivity contribution in [2.75, 3.05) is 6.54 Å². The Bertz CT molecular complexity index is 363. The fraction of sp³-hybridized carbons (Fsp3) is 0.769. The number of rotatable bonds is 2. The summed E-state index contributed by atoms with van der Waals surface area (Å²) in [7, 11) is 0. The molecule has 0 saturated heterocycles. The average Bonchev–Trinajstić information content (AvgIpc) is 2.97. The predicted octanol–water partition coefficient (Wildman–Crippen LogP) is 2.28. The maximum absolute atomic E-state index is 4.65. The summed E-state index contributed by atoms with van der Waals surface area (Å²) in [5.74, 6) is 0.833. The van der Waals surface area contributed by atoms with Crippen LogP contribution in [-0.4, -0.2) is 16.1 Å². The molecule has 0 bridgehead atoms. The first-order valence-corrected chi connectivity index (χ1v) is 6.67. The number of nitrogens with one attached hydrogen (secondary N) is 1. The SMILES string of the molecule is CCn1cnc2c1CCNC2C1CCCC1. The molecule has 1 aromatic heterocycles. The second-order valence-corrected chi connectivity index (χ2v) is 5.09. The van der Waals surface area contributed by atoms with Crippen LogP contribution in [0, 0.1) is 5.92 Å². The summed E-state index contributed by atoms with van der Waals surface area (Å²) in [6, 6.07) is 0.541. The van der Waals surface area contributed by atoms with E-state index in [-0.39, 0.29) is 0 Å². The maximum atomic E-state index is 4.65. The van der Waals surface area contributed by atoms with Crippen LogP contribution in [0.3, 0.4) is 0 Å². The number of hydrogen-bond donors (Lipinski definition) is 1. The molecule has 1 aliphatic heterocycles. The molecule has 0 spiro atoms. The lowest BCUT2D eigenvalue weighted by atomic mass is 9.91. The van der Waals surface area contributed by atoms with Crippen LogP contribution < -0.4 is 5.32 Å². The van der Waals surface area contributed by atoms with Gasteiger partial charge < -0.3 is 9.88 Å². The van der Waals surface area contributed by atoms with Gasteiger partial charge in [0.05, 0.1) is 18.1 Å². The molecular formula is C13H21N3. The minimum atomic E-state index is 0.541. The molecule has 1 aromatic rings. The van der Waals surface area contributed by atoms with Crippen LogP contribution in [0.25, 0.3) is 0 Å². The Balaban J connectivity index is 1.90. The molecule has 2 heterocycles. The zero-order valence-corrected chi connectivity index (χ0v) is 10.1. The molecule has 1 atom stereocenters. The zero-order valence-electron chi connectivity index (χ0n) is 10.1. The van der Waals surface area contributed by atoms with Gasteiger partial charge >= 0.3 is 0 Å². The molecule has 0 aromatic carbocycles. The molecule has 3 heteroatoms. The summed E-state index contributed by atoms with van der Waals surface area (Å²) >= 11 is 0. The summed E-state index contributed by atoms with van der Waals surface area (Å²) in [5, 5.41) is 3.68. The van der Waals surface area contributed by atoms with Crippen LogP contribution in [0.15, 0.2) is 6.33 Å². The van der Waals surface area contributed by atoms with Crippen molar-refractivity contribution in [3.8, 4) is 0 Å². The molecule has 1 N–H and O–H groups in total. The number of imidazole rings is 1. The Kier molecular flexibility index (Phi) is 2.72.